The lowest BCUT2D eigenvalue weighted by Gasteiger charge is -2.21. The minimum Gasteiger partial charge on any atom is -0.380 e. The van der Waals surface area contributed by atoms with Gasteiger partial charge in [-0.1, -0.05) is 0 Å². The van der Waals surface area contributed by atoms with Crippen molar-refractivity contribution in [2.75, 3.05) is 30.4 Å². The summed E-state index contributed by atoms with van der Waals surface area (Å²) in [6.07, 6.45) is 1.27. The van der Waals surface area contributed by atoms with Gasteiger partial charge >= 0.3 is 0 Å². The molecule has 0 aliphatic carbocycles. The maximum Gasteiger partial charge on any atom is 0.255 e. The standard InChI is InChI=1S/C23H22N4O2/c1-15-11-22(27-10-9-19(14-27)29-2)20-8-7-18(12-21(20)25-15)26-23(28)17-5-3-16(13-24)4-6-17/h3-8,11-12,19H,9-10,14H2,1-2H3,(H,26,28)/t19-/m0/s1. The molecule has 29 heavy (non-hydrogen) atoms. The Morgan fingerprint density at radius 2 is 2.03 bits per heavy atom. The molecule has 1 fully saturated rings. The Morgan fingerprint density at radius 3 is 2.72 bits per heavy atom. The highest BCUT2D eigenvalue weighted by Gasteiger charge is 2.24. The third-order valence-electron chi connectivity index (χ3n) is 5.27. The van der Waals surface area contributed by atoms with E-state index in [1.807, 2.05) is 25.1 Å². The molecule has 0 saturated carbocycles. The first-order valence-electron chi connectivity index (χ1n) is 9.58. The van der Waals surface area contributed by atoms with Crippen LogP contribution in [-0.4, -0.2) is 37.2 Å². The smallest absolute Gasteiger partial charge is 0.255 e. The van der Waals surface area contributed by atoms with Crippen molar-refractivity contribution < 1.29 is 9.53 Å². The molecule has 4 rings (SSSR count). The third-order valence-corrected chi connectivity index (χ3v) is 5.27. The Bertz CT molecular complexity index is 1100. The fourth-order valence-corrected chi connectivity index (χ4v) is 3.72. The summed E-state index contributed by atoms with van der Waals surface area (Å²) in [5.74, 6) is -0.218. The lowest BCUT2D eigenvalue weighted by Crippen LogP contribution is -2.22. The Hall–Kier alpha value is -3.43. The molecule has 1 aliphatic heterocycles. The van der Waals surface area contributed by atoms with Crippen LogP contribution >= 0.6 is 0 Å². The SMILES string of the molecule is CO[C@H]1CCN(c2cc(C)nc3cc(NC(=O)c4ccc(C#N)cc4)ccc23)C1. The molecule has 1 aliphatic rings. The van der Waals surface area contributed by atoms with Crippen LogP contribution in [0.5, 0.6) is 0 Å². The van der Waals surface area contributed by atoms with Crippen LogP contribution in [0.1, 0.15) is 28.0 Å². The number of benzene rings is 2. The summed E-state index contributed by atoms with van der Waals surface area (Å²) in [6.45, 7) is 3.80. The predicted molar refractivity (Wildman–Crippen MR) is 113 cm³/mol. The molecule has 0 radical (unpaired) electrons. The molecule has 6 heteroatoms. The normalized spacial score (nSPS) is 16.0. The second-order valence-corrected chi connectivity index (χ2v) is 7.25. The number of nitrogens with zero attached hydrogens (tertiary/aromatic N) is 3. The number of pyridine rings is 1. The summed E-state index contributed by atoms with van der Waals surface area (Å²) in [6, 6.07) is 16.5. The summed E-state index contributed by atoms with van der Waals surface area (Å²) in [4.78, 5) is 19.5. The Kier molecular flexibility index (Phi) is 5.15. The van der Waals surface area contributed by atoms with Crippen LogP contribution in [0.2, 0.25) is 0 Å². The van der Waals surface area contributed by atoms with Crippen LogP contribution in [0, 0.1) is 18.3 Å². The van der Waals surface area contributed by atoms with E-state index in [0.29, 0.717) is 16.8 Å². The number of methoxy groups -OCH3 is 1. The molecule has 3 aromatic rings. The van der Waals surface area contributed by atoms with Gasteiger partial charge in [-0.15, -0.1) is 0 Å². The van der Waals surface area contributed by atoms with E-state index in [2.05, 4.69) is 27.3 Å². The Morgan fingerprint density at radius 1 is 1.24 bits per heavy atom. The van der Waals surface area contributed by atoms with Crippen LogP contribution in [0.4, 0.5) is 11.4 Å². The summed E-state index contributed by atoms with van der Waals surface area (Å²) in [5, 5.41) is 12.9. The average Bonchev–Trinajstić information content (AvgIpc) is 3.22. The molecule has 1 amide bonds. The van der Waals surface area contributed by atoms with E-state index < -0.39 is 0 Å². The first-order valence-corrected chi connectivity index (χ1v) is 9.58. The molecule has 1 atom stereocenters. The summed E-state index contributed by atoms with van der Waals surface area (Å²) >= 11 is 0. The summed E-state index contributed by atoms with van der Waals surface area (Å²) < 4.78 is 5.50. The van der Waals surface area contributed by atoms with Crippen LogP contribution in [0.25, 0.3) is 10.9 Å². The fraction of sp³-hybridized carbons (Fsp3) is 0.261. The number of nitrogens with one attached hydrogen (secondary N) is 1. The molecular formula is C23H22N4O2. The van der Waals surface area contributed by atoms with Crippen molar-refractivity contribution in [1.82, 2.24) is 4.98 Å². The van der Waals surface area contributed by atoms with Crippen LogP contribution in [0.15, 0.2) is 48.5 Å². The molecule has 1 N–H and O–H groups in total. The number of carbonyl (C=O) groups is 1. The van der Waals surface area contributed by atoms with Gasteiger partial charge in [0.2, 0.25) is 0 Å². The molecular weight excluding hydrogens is 364 g/mol. The van der Waals surface area contributed by atoms with Gasteiger partial charge in [-0.05, 0) is 61.9 Å². The monoisotopic (exact) mass is 386 g/mol. The minimum absolute atomic E-state index is 0.218. The molecule has 1 aromatic heterocycles. The summed E-state index contributed by atoms with van der Waals surface area (Å²) in [7, 11) is 1.76. The maximum absolute atomic E-state index is 12.5. The largest absolute Gasteiger partial charge is 0.380 e. The quantitative estimate of drug-likeness (QED) is 0.736. The van der Waals surface area contributed by atoms with Crippen molar-refractivity contribution in [3.63, 3.8) is 0 Å². The molecule has 0 bridgehead atoms. The van der Waals surface area contributed by atoms with Crippen molar-refractivity contribution in [2.24, 2.45) is 0 Å². The topological polar surface area (TPSA) is 78.2 Å². The van der Waals surface area contributed by atoms with E-state index in [1.165, 1.54) is 0 Å². The highest BCUT2D eigenvalue weighted by atomic mass is 16.5. The molecule has 2 heterocycles. The third kappa shape index (κ3) is 3.91. The number of aromatic nitrogens is 1. The van der Waals surface area contributed by atoms with E-state index in [0.717, 1.165) is 41.8 Å². The van der Waals surface area contributed by atoms with Gasteiger partial charge in [-0.2, -0.15) is 5.26 Å². The number of rotatable bonds is 4. The fourth-order valence-electron chi connectivity index (χ4n) is 3.72. The number of hydrogen-bond acceptors (Lipinski definition) is 5. The van der Waals surface area contributed by atoms with Gasteiger partial charge in [0.1, 0.15) is 0 Å². The first kappa shape index (κ1) is 18.9. The lowest BCUT2D eigenvalue weighted by atomic mass is 10.1. The first-order chi connectivity index (χ1) is 14.1. The van der Waals surface area contributed by atoms with Gasteiger partial charge in [0.05, 0.1) is 23.3 Å². The Labute approximate surface area is 169 Å². The van der Waals surface area contributed by atoms with Crippen LogP contribution < -0.4 is 10.2 Å². The average molecular weight is 386 g/mol. The lowest BCUT2D eigenvalue weighted by molar-refractivity contribution is 0.102. The predicted octanol–water partition coefficient (Wildman–Crippen LogP) is 3.89. The van der Waals surface area contributed by atoms with Crippen LogP contribution in [-0.2, 0) is 4.74 Å². The van der Waals surface area contributed by atoms with Crippen LogP contribution in [0.3, 0.4) is 0 Å². The van der Waals surface area contributed by atoms with Crippen molar-refractivity contribution in [2.45, 2.75) is 19.4 Å². The molecule has 2 aromatic carbocycles. The minimum atomic E-state index is -0.218. The zero-order chi connectivity index (χ0) is 20.4. The number of anilines is 2. The molecule has 0 unspecified atom stereocenters. The van der Waals surface area contributed by atoms with Gasteiger partial charge in [-0.25, -0.2) is 0 Å². The van der Waals surface area contributed by atoms with Gasteiger partial charge < -0.3 is 15.0 Å². The van der Waals surface area contributed by atoms with Gasteiger partial charge in [-0.3, -0.25) is 9.78 Å². The van der Waals surface area contributed by atoms with E-state index in [9.17, 15) is 4.79 Å². The zero-order valence-corrected chi connectivity index (χ0v) is 16.5. The van der Waals surface area contributed by atoms with E-state index >= 15 is 0 Å². The second kappa shape index (κ2) is 7.90. The van der Waals surface area contributed by atoms with Crippen molar-refractivity contribution in [3.05, 3.63) is 65.4 Å². The zero-order valence-electron chi connectivity index (χ0n) is 16.5. The van der Waals surface area contributed by atoms with Crippen molar-refractivity contribution >= 4 is 28.2 Å². The molecule has 0 spiro atoms. The highest BCUT2D eigenvalue weighted by molar-refractivity contribution is 6.05. The molecule has 6 nitrogen and oxygen atoms in total. The van der Waals surface area contributed by atoms with E-state index in [1.54, 1.807) is 31.4 Å². The van der Waals surface area contributed by atoms with Gasteiger partial charge in [0.15, 0.2) is 0 Å². The number of ether oxygens (including phenoxy) is 1. The van der Waals surface area contributed by atoms with Crippen molar-refractivity contribution in [1.29, 1.82) is 5.26 Å². The van der Waals surface area contributed by atoms with Gasteiger partial charge in [0, 0.05) is 48.2 Å². The second-order valence-electron chi connectivity index (χ2n) is 7.25. The summed E-state index contributed by atoms with van der Waals surface area (Å²) in [5.41, 5.74) is 4.65. The molecule has 146 valence electrons. The van der Waals surface area contributed by atoms with E-state index in [-0.39, 0.29) is 12.0 Å². The number of nitriles is 1. The number of amides is 1. The highest BCUT2D eigenvalue weighted by Crippen LogP contribution is 2.31. The van der Waals surface area contributed by atoms with Gasteiger partial charge in [0.25, 0.3) is 5.91 Å². The number of fused-ring (bicyclic) bond motifs is 1. The molecule has 1 saturated heterocycles. The van der Waals surface area contributed by atoms with E-state index in [4.69, 9.17) is 10.00 Å². The number of carbonyl (C=O) groups excluding carboxylic acids is 1. The Balaban J connectivity index is 1.61. The number of aryl methyl sites for hydroxylation is 1. The number of hydrogen-bond donors (Lipinski definition) is 1. The van der Waals surface area contributed by atoms with Crippen molar-refractivity contribution in [3.8, 4) is 6.07 Å². The maximum atomic E-state index is 12.5.